The molecule has 1 aromatic rings. The Morgan fingerprint density at radius 2 is 2.11 bits per heavy atom. The Hall–Kier alpha value is -1.06. The SMILES string of the molecule is CCNC(CC)CCCOc1cccc(COC)c1. The Bertz CT molecular complexity index is 341. The maximum Gasteiger partial charge on any atom is 0.119 e. The average molecular weight is 265 g/mol. The maximum absolute atomic E-state index is 5.78. The molecule has 1 N–H and O–H groups in total. The van der Waals surface area contributed by atoms with Crippen LogP contribution in [-0.2, 0) is 11.3 Å². The molecule has 0 aliphatic heterocycles. The highest BCUT2D eigenvalue weighted by atomic mass is 16.5. The first-order chi connectivity index (χ1) is 9.30. The first kappa shape index (κ1) is 16.0. The van der Waals surface area contributed by atoms with Gasteiger partial charge in [0, 0.05) is 13.2 Å². The Morgan fingerprint density at radius 1 is 1.26 bits per heavy atom. The van der Waals surface area contributed by atoms with Crippen LogP contribution in [0.4, 0.5) is 0 Å². The summed E-state index contributed by atoms with van der Waals surface area (Å²) in [6, 6.07) is 8.73. The van der Waals surface area contributed by atoms with Crippen molar-refractivity contribution in [1.29, 1.82) is 0 Å². The van der Waals surface area contributed by atoms with Gasteiger partial charge in [-0.05, 0) is 43.5 Å². The van der Waals surface area contributed by atoms with E-state index in [1.807, 2.05) is 18.2 Å². The van der Waals surface area contributed by atoms with Gasteiger partial charge in [0.15, 0.2) is 0 Å². The summed E-state index contributed by atoms with van der Waals surface area (Å²) < 4.78 is 10.9. The van der Waals surface area contributed by atoms with Gasteiger partial charge in [-0.25, -0.2) is 0 Å². The molecule has 19 heavy (non-hydrogen) atoms. The molecule has 0 saturated carbocycles. The fraction of sp³-hybridized carbons (Fsp3) is 0.625. The van der Waals surface area contributed by atoms with Gasteiger partial charge in [-0.3, -0.25) is 0 Å². The molecule has 0 saturated heterocycles. The van der Waals surface area contributed by atoms with Crippen molar-refractivity contribution in [3.63, 3.8) is 0 Å². The molecule has 1 unspecified atom stereocenters. The summed E-state index contributed by atoms with van der Waals surface area (Å²) in [5.41, 5.74) is 1.15. The molecule has 1 rings (SSSR count). The molecule has 1 atom stereocenters. The Balaban J connectivity index is 2.26. The minimum absolute atomic E-state index is 0.619. The van der Waals surface area contributed by atoms with Crippen molar-refractivity contribution in [2.24, 2.45) is 0 Å². The van der Waals surface area contributed by atoms with Gasteiger partial charge in [0.1, 0.15) is 5.75 Å². The van der Waals surface area contributed by atoms with Crippen molar-refractivity contribution in [3.05, 3.63) is 29.8 Å². The third-order valence-corrected chi connectivity index (χ3v) is 3.16. The monoisotopic (exact) mass is 265 g/mol. The zero-order valence-corrected chi connectivity index (χ0v) is 12.4. The van der Waals surface area contributed by atoms with E-state index in [4.69, 9.17) is 9.47 Å². The molecule has 0 radical (unpaired) electrons. The van der Waals surface area contributed by atoms with E-state index in [9.17, 15) is 0 Å². The first-order valence-corrected chi connectivity index (χ1v) is 7.24. The summed E-state index contributed by atoms with van der Waals surface area (Å²) in [7, 11) is 1.71. The second kappa shape index (κ2) is 9.82. The van der Waals surface area contributed by atoms with Crippen molar-refractivity contribution in [1.82, 2.24) is 5.32 Å². The lowest BCUT2D eigenvalue weighted by Crippen LogP contribution is -2.28. The smallest absolute Gasteiger partial charge is 0.119 e. The summed E-state index contributed by atoms with van der Waals surface area (Å²) in [6.45, 7) is 6.83. The predicted octanol–water partition coefficient (Wildman–Crippen LogP) is 3.38. The Labute approximate surface area is 117 Å². The van der Waals surface area contributed by atoms with Gasteiger partial charge in [-0.2, -0.15) is 0 Å². The number of rotatable bonds is 10. The summed E-state index contributed by atoms with van der Waals surface area (Å²) in [4.78, 5) is 0. The van der Waals surface area contributed by atoms with Gasteiger partial charge in [0.2, 0.25) is 0 Å². The molecule has 108 valence electrons. The van der Waals surface area contributed by atoms with Gasteiger partial charge in [-0.1, -0.05) is 26.0 Å². The molecule has 0 aromatic heterocycles. The topological polar surface area (TPSA) is 30.5 Å². The molecule has 3 nitrogen and oxygen atoms in total. The quantitative estimate of drug-likeness (QED) is 0.658. The van der Waals surface area contributed by atoms with Gasteiger partial charge in [0.25, 0.3) is 0 Å². The Morgan fingerprint density at radius 3 is 2.79 bits per heavy atom. The highest BCUT2D eigenvalue weighted by Gasteiger charge is 2.04. The maximum atomic E-state index is 5.78. The summed E-state index contributed by atoms with van der Waals surface area (Å²) >= 11 is 0. The van der Waals surface area contributed by atoms with E-state index in [-0.39, 0.29) is 0 Å². The molecule has 0 fully saturated rings. The van der Waals surface area contributed by atoms with Crippen LogP contribution in [0.3, 0.4) is 0 Å². The summed E-state index contributed by atoms with van der Waals surface area (Å²) in [6.07, 6.45) is 3.43. The second-order valence-electron chi connectivity index (χ2n) is 4.73. The van der Waals surface area contributed by atoms with E-state index in [0.717, 1.165) is 30.9 Å². The van der Waals surface area contributed by atoms with Crippen LogP contribution in [0.5, 0.6) is 5.75 Å². The van der Waals surface area contributed by atoms with Crippen LogP contribution in [0.1, 0.15) is 38.7 Å². The van der Waals surface area contributed by atoms with Crippen LogP contribution < -0.4 is 10.1 Å². The summed E-state index contributed by atoms with van der Waals surface area (Å²) in [5, 5.41) is 3.48. The van der Waals surface area contributed by atoms with Crippen LogP contribution in [0.15, 0.2) is 24.3 Å². The number of nitrogens with one attached hydrogen (secondary N) is 1. The molecule has 1 aromatic carbocycles. The fourth-order valence-electron chi connectivity index (χ4n) is 2.15. The van der Waals surface area contributed by atoms with Crippen molar-refractivity contribution < 1.29 is 9.47 Å². The van der Waals surface area contributed by atoms with E-state index in [2.05, 4.69) is 25.2 Å². The van der Waals surface area contributed by atoms with Crippen LogP contribution in [-0.4, -0.2) is 26.3 Å². The first-order valence-electron chi connectivity index (χ1n) is 7.24. The second-order valence-corrected chi connectivity index (χ2v) is 4.73. The standard InChI is InChI=1S/C16H27NO2/c1-4-15(17-5-2)9-7-11-19-16-10-6-8-14(12-16)13-18-3/h6,8,10,12,15,17H,4-5,7,9,11,13H2,1-3H3. The molecular formula is C16H27NO2. The molecular weight excluding hydrogens is 238 g/mol. The lowest BCUT2D eigenvalue weighted by molar-refractivity contribution is 0.184. The predicted molar refractivity (Wildman–Crippen MR) is 79.6 cm³/mol. The number of methoxy groups -OCH3 is 1. The van der Waals surface area contributed by atoms with Gasteiger partial charge in [-0.15, -0.1) is 0 Å². The lowest BCUT2D eigenvalue weighted by atomic mass is 10.1. The normalized spacial score (nSPS) is 12.4. The van der Waals surface area contributed by atoms with Crippen molar-refractivity contribution >= 4 is 0 Å². The summed E-state index contributed by atoms with van der Waals surface area (Å²) in [5.74, 6) is 0.936. The molecule has 3 heteroatoms. The molecule has 0 spiro atoms. The number of ether oxygens (including phenoxy) is 2. The number of hydrogen-bond donors (Lipinski definition) is 1. The molecule has 0 aliphatic rings. The molecule has 0 amide bonds. The number of benzene rings is 1. The van der Waals surface area contributed by atoms with Gasteiger partial charge < -0.3 is 14.8 Å². The minimum atomic E-state index is 0.619. The highest BCUT2D eigenvalue weighted by Crippen LogP contribution is 2.14. The van der Waals surface area contributed by atoms with E-state index >= 15 is 0 Å². The lowest BCUT2D eigenvalue weighted by Gasteiger charge is -2.15. The zero-order chi connectivity index (χ0) is 13.9. The van der Waals surface area contributed by atoms with Crippen LogP contribution in [0.25, 0.3) is 0 Å². The highest BCUT2D eigenvalue weighted by molar-refractivity contribution is 5.28. The van der Waals surface area contributed by atoms with Crippen molar-refractivity contribution in [3.8, 4) is 5.75 Å². The van der Waals surface area contributed by atoms with Gasteiger partial charge in [0.05, 0.1) is 13.2 Å². The molecule has 0 heterocycles. The van der Waals surface area contributed by atoms with E-state index in [1.54, 1.807) is 7.11 Å². The van der Waals surface area contributed by atoms with Crippen LogP contribution in [0, 0.1) is 0 Å². The third kappa shape index (κ3) is 6.60. The van der Waals surface area contributed by atoms with E-state index in [1.165, 1.54) is 12.8 Å². The molecule has 0 aliphatic carbocycles. The minimum Gasteiger partial charge on any atom is -0.494 e. The van der Waals surface area contributed by atoms with E-state index < -0.39 is 0 Å². The van der Waals surface area contributed by atoms with Crippen LogP contribution in [0.2, 0.25) is 0 Å². The largest absolute Gasteiger partial charge is 0.494 e. The third-order valence-electron chi connectivity index (χ3n) is 3.16. The van der Waals surface area contributed by atoms with Crippen LogP contribution >= 0.6 is 0 Å². The van der Waals surface area contributed by atoms with Crippen molar-refractivity contribution in [2.75, 3.05) is 20.3 Å². The zero-order valence-electron chi connectivity index (χ0n) is 12.4. The molecule has 0 bridgehead atoms. The van der Waals surface area contributed by atoms with E-state index in [0.29, 0.717) is 12.6 Å². The van der Waals surface area contributed by atoms with Crippen molar-refractivity contribution in [2.45, 2.75) is 45.8 Å². The Kier molecular flexibility index (Phi) is 8.26. The average Bonchev–Trinajstić information content (AvgIpc) is 2.43. The number of hydrogen-bond acceptors (Lipinski definition) is 3. The fourth-order valence-corrected chi connectivity index (χ4v) is 2.15. The van der Waals surface area contributed by atoms with Gasteiger partial charge >= 0.3 is 0 Å².